The summed E-state index contributed by atoms with van der Waals surface area (Å²) in [6.45, 7) is 0.440. The fraction of sp³-hybridized carbons (Fsp3) is 0.684. The first-order chi connectivity index (χ1) is 13.6. The van der Waals surface area contributed by atoms with Crippen molar-refractivity contribution in [2.75, 3.05) is 24.2 Å². The Bertz CT molecular complexity index is 807. The molecule has 28 heavy (non-hydrogen) atoms. The smallest absolute Gasteiger partial charge is 0.166 e. The molecular weight excluding hydrogens is 362 g/mol. The molecule has 9 nitrogen and oxygen atoms in total. The van der Waals surface area contributed by atoms with Crippen LogP contribution in [0.4, 0.5) is 11.5 Å². The van der Waals surface area contributed by atoms with Crippen LogP contribution in [0.2, 0.25) is 0 Å². The Kier molecular flexibility index (Phi) is 5.68. The third-order valence-electron chi connectivity index (χ3n) is 5.93. The largest absolute Gasteiger partial charge is 0.397 e. The number of ether oxygens (including phenoxy) is 1. The van der Waals surface area contributed by atoms with Crippen molar-refractivity contribution < 1.29 is 20.1 Å². The zero-order valence-electron chi connectivity index (χ0n) is 15.9. The minimum absolute atomic E-state index is 0.384. The van der Waals surface area contributed by atoms with E-state index in [0.29, 0.717) is 22.7 Å². The van der Waals surface area contributed by atoms with Crippen LogP contribution in [0.3, 0.4) is 0 Å². The Balaban J connectivity index is 1.51. The Morgan fingerprint density at radius 3 is 2.71 bits per heavy atom. The molecule has 4 atom stereocenters. The normalized spacial score (nSPS) is 28.8. The lowest BCUT2D eigenvalue weighted by atomic mass is 9.87. The van der Waals surface area contributed by atoms with Gasteiger partial charge in [0.1, 0.15) is 29.6 Å². The number of nitrogens with zero attached hydrogens (tertiary/aromatic N) is 3. The summed E-state index contributed by atoms with van der Waals surface area (Å²) < 4.78 is 7.16. The predicted octanol–water partition coefficient (Wildman–Crippen LogP) is 1.01. The summed E-state index contributed by atoms with van der Waals surface area (Å²) >= 11 is 0. The van der Waals surface area contributed by atoms with Crippen molar-refractivity contribution in [1.29, 1.82) is 0 Å². The van der Waals surface area contributed by atoms with Crippen molar-refractivity contribution in [3.63, 3.8) is 0 Å². The number of aliphatic hydroxyl groups excluding tert-OH is 3. The Morgan fingerprint density at radius 1 is 1.21 bits per heavy atom. The number of hydrogen-bond donors (Lipinski definition) is 5. The van der Waals surface area contributed by atoms with Gasteiger partial charge in [0.05, 0.1) is 18.6 Å². The van der Waals surface area contributed by atoms with Gasteiger partial charge in [-0.25, -0.2) is 9.97 Å². The van der Waals surface area contributed by atoms with Gasteiger partial charge < -0.3 is 31.1 Å². The molecule has 1 saturated heterocycles. The van der Waals surface area contributed by atoms with Crippen LogP contribution < -0.4 is 11.1 Å². The van der Waals surface area contributed by atoms with Gasteiger partial charge in [-0.3, -0.25) is 4.57 Å². The lowest BCUT2D eigenvalue weighted by Crippen LogP contribution is -2.33. The van der Waals surface area contributed by atoms with Crippen LogP contribution in [0.5, 0.6) is 0 Å². The minimum atomic E-state index is -1.19. The first-order valence-electron chi connectivity index (χ1n) is 10.1. The highest BCUT2D eigenvalue weighted by atomic mass is 16.6. The van der Waals surface area contributed by atoms with Crippen LogP contribution in [-0.4, -0.2) is 61.3 Å². The molecule has 0 spiro atoms. The maximum Gasteiger partial charge on any atom is 0.166 e. The Labute approximate surface area is 163 Å². The van der Waals surface area contributed by atoms with E-state index in [9.17, 15) is 15.3 Å². The maximum atomic E-state index is 10.3. The van der Waals surface area contributed by atoms with Crippen LogP contribution in [-0.2, 0) is 4.74 Å². The summed E-state index contributed by atoms with van der Waals surface area (Å²) in [5.74, 6) is 1.42. The van der Waals surface area contributed by atoms with Gasteiger partial charge in [0.25, 0.3) is 0 Å². The Hall–Kier alpha value is -1.94. The molecule has 4 unspecified atom stereocenters. The van der Waals surface area contributed by atoms with Crippen LogP contribution in [0, 0.1) is 5.92 Å². The summed E-state index contributed by atoms with van der Waals surface area (Å²) in [7, 11) is 0. The zero-order valence-corrected chi connectivity index (χ0v) is 15.9. The van der Waals surface area contributed by atoms with Gasteiger partial charge in [0, 0.05) is 12.6 Å². The lowest BCUT2D eigenvalue weighted by molar-refractivity contribution is -0.0511. The Morgan fingerprint density at radius 2 is 2.00 bits per heavy atom. The van der Waals surface area contributed by atoms with Crippen molar-refractivity contribution in [1.82, 2.24) is 14.5 Å². The number of nitrogens with two attached hydrogens (primary N) is 1. The average molecular weight is 391 g/mol. The van der Waals surface area contributed by atoms with Gasteiger partial charge in [-0.05, 0) is 12.3 Å². The highest BCUT2D eigenvalue weighted by Crippen LogP contribution is 2.33. The fourth-order valence-corrected chi connectivity index (χ4v) is 4.30. The van der Waals surface area contributed by atoms with Gasteiger partial charge in [-0.15, -0.1) is 0 Å². The zero-order chi connectivity index (χ0) is 19.7. The molecule has 1 saturated carbocycles. The summed E-state index contributed by atoms with van der Waals surface area (Å²) in [6.07, 6.45) is 5.08. The molecule has 2 fully saturated rings. The molecule has 1 aliphatic carbocycles. The van der Waals surface area contributed by atoms with Crippen molar-refractivity contribution in [3.8, 4) is 0 Å². The number of anilines is 2. The topological polar surface area (TPSA) is 139 Å². The van der Waals surface area contributed by atoms with Crippen molar-refractivity contribution >= 4 is 22.7 Å². The first-order valence-corrected chi connectivity index (χ1v) is 10.1. The van der Waals surface area contributed by atoms with E-state index >= 15 is 0 Å². The third kappa shape index (κ3) is 3.67. The quantitative estimate of drug-likeness (QED) is 0.492. The molecule has 0 aromatic carbocycles. The summed E-state index contributed by atoms with van der Waals surface area (Å²) in [5.41, 5.74) is 7.61. The molecule has 2 aliphatic rings. The molecule has 3 heterocycles. The highest BCUT2D eigenvalue weighted by molar-refractivity contribution is 5.86. The minimum Gasteiger partial charge on any atom is -0.397 e. The molecule has 2 aromatic heterocycles. The summed E-state index contributed by atoms with van der Waals surface area (Å²) in [5, 5.41) is 33.0. The number of hydrogen-bond acceptors (Lipinski definition) is 8. The van der Waals surface area contributed by atoms with E-state index in [1.807, 2.05) is 0 Å². The van der Waals surface area contributed by atoms with Gasteiger partial charge in [0.2, 0.25) is 0 Å². The third-order valence-corrected chi connectivity index (χ3v) is 5.93. The molecule has 1 aliphatic heterocycles. The summed E-state index contributed by atoms with van der Waals surface area (Å²) in [4.78, 5) is 8.89. The van der Waals surface area contributed by atoms with E-state index in [1.165, 1.54) is 38.4 Å². The van der Waals surface area contributed by atoms with Crippen molar-refractivity contribution in [3.05, 3.63) is 12.4 Å². The van der Waals surface area contributed by atoms with E-state index < -0.39 is 24.5 Å². The van der Waals surface area contributed by atoms with Crippen LogP contribution in [0.15, 0.2) is 12.4 Å². The molecule has 0 radical (unpaired) electrons. The number of rotatable bonds is 6. The highest BCUT2D eigenvalue weighted by Gasteiger charge is 2.44. The number of nitrogens with one attached hydrogen (secondary N) is 1. The second-order valence-corrected chi connectivity index (χ2v) is 7.87. The number of aliphatic hydroxyl groups is 3. The van der Waals surface area contributed by atoms with E-state index in [2.05, 4.69) is 15.3 Å². The van der Waals surface area contributed by atoms with Gasteiger partial charge in [-0.1, -0.05) is 32.1 Å². The van der Waals surface area contributed by atoms with E-state index in [-0.39, 0.29) is 6.61 Å². The molecule has 4 rings (SSSR count). The molecule has 0 amide bonds. The first kappa shape index (κ1) is 19.4. The van der Waals surface area contributed by atoms with Gasteiger partial charge in [0.15, 0.2) is 11.9 Å². The second kappa shape index (κ2) is 8.20. The van der Waals surface area contributed by atoms with Crippen molar-refractivity contribution in [2.45, 2.75) is 63.1 Å². The van der Waals surface area contributed by atoms with E-state index in [4.69, 9.17) is 10.5 Å². The molecule has 9 heteroatoms. The van der Waals surface area contributed by atoms with E-state index in [0.717, 1.165) is 18.9 Å². The fourth-order valence-electron chi connectivity index (χ4n) is 4.30. The molecule has 2 aromatic rings. The number of pyridine rings is 1. The SMILES string of the molecule is Nc1cc(NCCC2CCCCC2)nc2c1ncn2C1OC(CO)C(O)C1O. The number of nitrogen functional groups attached to an aromatic ring is 1. The predicted molar refractivity (Wildman–Crippen MR) is 105 cm³/mol. The summed E-state index contributed by atoms with van der Waals surface area (Å²) in [6, 6.07) is 1.76. The van der Waals surface area contributed by atoms with Crippen LogP contribution in [0.25, 0.3) is 11.2 Å². The molecular formula is C19H29N5O4. The monoisotopic (exact) mass is 391 g/mol. The number of imidazole rings is 1. The number of fused-ring (bicyclic) bond motifs is 1. The van der Waals surface area contributed by atoms with Crippen molar-refractivity contribution in [2.24, 2.45) is 5.92 Å². The average Bonchev–Trinajstić information content (AvgIpc) is 3.24. The van der Waals surface area contributed by atoms with E-state index in [1.54, 1.807) is 10.6 Å². The van der Waals surface area contributed by atoms with Gasteiger partial charge >= 0.3 is 0 Å². The second-order valence-electron chi connectivity index (χ2n) is 7.87. The lowest BCUT2D eigenvalue weighted by Gasteiger charge is -2.21. The number of aromatic nitrogens is 3. The molecule has 0 bridgehead atoms. The standard InChI is InChI=1S/C19H29N5O4/c20-12-8-14(21-7-6-11-4-2-1-3-5-11)23-18-15(12)22-10-24(18)19-17(27)16(26)13(9-25)28-19/h8,10-11,13,16-17,19,25-27H,1-7,9H2,(H3,20,21,23). The van der Waals surface area contributed by atoms with Crippen LogP contribution >= 0.6 is 0 Å². The van der Waals surface area contributed by atoms with Crippen LogP contribution in [0.1, 0.15) is 44.8 Å². The maximum absolute atomic E-state index is 10.3. The molecule has 154 valence electrons. The molecule has 6 N–H and O–H groups in total. The van der Waals surface area contributed by atoms with Gasteiger partial charge in [-0.2, -0.15) is 0 Å².